The topological polar surface area (TPSA) is 49.6 Å². The number of oxazole rings is 1. The summed E-state index contributed by atoms with van der Waals surface area (Å²) in [6.45, 7) is 4.66. The fourth-order valence-corrected chi connectivity index (χ4v) is 2.83. The SMILES string of the molecule is Cc1ocnc1C(=O)N1CCN(Cc2ccc(C(F)(F)F)cc2)CC1. The Hall–Kier alpha value is -2.35. The molecule has 1 fully saturated rings. The van der Waals surface area contributed by atoms with Crippen LogP contribution in [0.25, 0.3) is 0 Å². The summed E-state index contributed by atoms with van der Waals surface area (Å²) >= 11 is 0. The molecule has 0 unspecified atom stereocenters. The van der Waals surface area contributed by atoms with Gasteiger partial charge in [-0.2, -0.15) is 13.2 Å². The lowest BCUT2D eigenvalue weighted by atomic mass is 10.1. The maximum absolute atomic E-state index is 12.6. The van der Waals surface area contributed by atoms with Crippen LogP contribution in [0, 0.1) is 6.92 Å². The van der Waals surface area contributed by atoms with Crippen molar-refractivity contribution in [2.45, 2.75) is 19.6 Å². The number of carbonyl (C=O) groups excluding carboxylic acids is 1. The fraction of sp³-hybridized carbons (Fsp3) is 0.412. The third kappa shape index (κ3) is 4.01. The van der Waals surface area contributed by atoms with Gasteiger partial charge in [-0.25, -0.2) is 4.98 Å². The highest BCUT2D eigenvalue weighted by molar-refractivity contribution is 5.93. The van der Waals surface area contributed by atoms with Crippen molar-refractivity contribution in [1.82, 2.24) is 14.8 Å². The maximum Gasteiger partial charge on any atom is 0.416 e. The van der Waals surface area contributed by atoms with Gasteiger partial charge in [0.15, 0.2) is 12.1 Å². The fourth-order valence-electron chi connectivity index (χ4n) is 2.83. The van der Waals surface area contributed by atoms with Gasteiger partial charge in [0.2, 0.25) is 0 Å². The molecule has 25 heavy (non-hydrogen) atoms. The molecule has 134 valence electrons. The number of hydrogen-bond donors (Lipinski definition) is 0. The first-order valence-corrected chi connectivity index (χ1v) is 7.92. The molecular formula is C17H18F3N3O2. The normalized spacial score (nSPS) is 16.2. The van der Waals surface area contributed by atoms with E-state index in [1.165, 1.54) is 18.5 Å². The highest BCUT2D eigenvalue weighted by Gasteiger charge is 2.30. The van der Waals surface area contributed by atoms with E-state index < -0.39 is 11.7 Å². The Balaban J connectivity index is 1.54. The van der Waals surface area contributed by atoms with E-state index in [2.05, 4.69) is 9.88 Å². The predicted molar refractivity (Wildman–Crippen MR) is 83.9 cm³/mol. The van der Waals surface area contributed by atoms with Gasteiger partial charge in [0.05, 0.1) is 5.56 Å². The summed E-state index contributed by atoms with van der Waals surface area (Å²) in [4.78, 5) is 20.1. The van der Waals surface area contributed by atoms with Crippen LogP contribution in [0.1, 0.15) is 27.4 Å². The second kappa shape index (κ2) is 6.87. The number of aryl methyl sites for hydroxylation is 1. The molecule has 1 aromatic heterocycles. The average molecular weight is 353 g/mol. The van der Waals surface area contributed by atoms with Crippen molar-refractivity contribution in [3.63, 3.8) is 0 Å². The molecule has 0 atom stereocenters. The molecule has 0 bridgehead atoms. The standard InChI is InChI=1S/C17H18F3N3O2/c1-12-15(21-11-25-12)16(24)23-8-6-22(7-9-23)10-13-2-4-14(5-3-13)17(18,19)20/h2-5,11H,6-10H2,1H3. The minimum atomic E-state index is -4.32. The van der Waals surface area contributed by atoms with E-state index >= 15 is 0 Å². The smallest absolute Gasteiger partial charge is 0.416 e. The first-order valence-electron chi connectivity index (χ1n) is 7.92. The first kappa shape index (κ1) is 17.5. The number of nitrogens with zero attached hydrogens (tertiary/aromatic N) is 3. The second-order valence-corrected chi connectivity index (χ2v) is 6.02. The summed E-state index contributed by atoms with van der Waals surface area (Å²) in [6, 6.07) is 5.20. The van der Waals surface area contributed by atoms with Gasteiger partial charge in [0, 0.05) is 32.7 Å². The molecule has 1 saturated heterocycles. The van der Waals surface area contributed by atoms with Crippen LogP contribution in [-0.2, 0) is 12.7 Å². The monoisotopic (exact) mass is 353 g/mol. The van der Waals surface area contributed by atoms with Crippen LogP contribution in [0.4, 0.5) is 13.2 Å². The van der Waals surface area contributed by atoms with Crippen LogP contribution in [0.3, 0.4) is 0 Å². The minimum Gasteiger partial charge on any atom is -0.448 e. The lowest BCUT2D eigenvalue weighted by Crippen LogP contribution is -2.48. The number of carbonyl (C=O) groups is 1. The Morgan fingerprint density at radius 2 is 1.80 bits per heavy atom. The van der Waals surface area contributed by atoms with Crippen molar-refractivity contribution < 1.29 is 22.4 Å². The largest absolute Gasteiger partial charge is 0.448 e. The summed E-state index contributed by atoms with van der Waals surface area (Å²) in [5.41, 5.74) is 0.506. The van der Waals surface area contributed by atoms with Crippen LogP contribution in [0.15, 0.2) is 35.1 Å². The number of aromatic nitrogens is 1. The molecule has 0 radical (unpaired) electrons. The Morgan fingerprint density at radius 1 is 1.16 bits per heavy atom. The zero-order valence-electron chi connectivity index (χ0n) is 13.7. The number of hydrogen-bond acceptors (Lipinski definition) is 4. The summed E-state index contributed by atoms with van der Waals surface area (Å²) in [5.74, 6) is 0.345. The van der Waals surface area contributed by atoms with Crippen LogP contribution >= 0.6 is 0 Å². The lowest BCUT2D eigenvalue weighted by molar-refractivity contribution is -0.137. The third-order valence-corrected chi connectivity index (χ3v) is 4.29. The summed E-state index contributed by atoms with van der Waals surface area (Å²) in [7, 11) is 0. The molecule has 0 spiro atoms. The maximum atomic E-state index is 12.6. The van der Waals surface area contributed by atoms with Crippen molar-refractivity contribution in [3.8, 4) is 0 Å². The van der Waals surface area contributed by atoms with Crippen LogP contribution in [-0.4, -0.2) is 46.9 Å². The quantitative estimate of drug-likeness (QED) is 0.851. The highest BCUT2D eigenvalue weighted by atomic mass is 19.4. The van der Waals surface area contributed by atoms with Gasteiger partial charge in [-0.3, -0.25) is 9.69 Å². The molecule has 0 aliphatic carbocycles. The molecule has 0 saturated carbocycles. The summed E-state index contributed by atoms with van der Waals surface area (Å²) < 4.78 is 42.8. The molecule has 8 heteroatoms. The Labute approximate surface area is 143 Å². The molecule has 1 aliphatic heterocycles. The number of piperazine rings is 1. The Bertz CT molecular complexity index is 732. The Kier molecular flexibility index (Phi) is 4.80. The van der Waals surface area contributed by atoms with Crippen molar-refractivity contribution in [1.29, 1.82) is 0 Å². The molecule has 1 aromatic carbocycles. The first-order chi connectivity index (χ1) is 11.8. The van der Waals surface area contributed by atoms with Crippen LogP contribution in [0.2, 0.25) is 0 Å². The van der Waals surface area contributed by atoms with Gasteiger partial charge in [-0.15, -0.1) is 0 Å². The van der Waals surface area contributed by atoms with E-state index in [1.54, 1.807) is 11.8 Å². The lowest BCUT2D eigenvalue weighted by Gasteiger charge is -2.34. The Morgan fingerprint density at radius 3 is 2.32 bits per heavy atom. The molecule has 2 heterocycles. The van der Waals surface area contributed by atoms with Gasteiger partial charge < -0.3 is 9.32 Å². The zero-order valence-corrected chi connectivity index (χ0v) is 13.7. The summed E-state index contributed by atoms with van der Waals surface area (Å²) in [5, 5.41) is 0. The molecule has 2 aromatic rings. The molecule has 5 nitrogen and oxygen atoms in total. The van der Waals surface area contributed by atoms with Crippen LogP contribution < -0.4 is 0 Å². The second-order valence-electron chi connectivity index (χ2n) is 6.02. The zero-order chi connectivity index (χ0) is 18.0. The highest BCUT2D eigenvalue weighted by Crippen LogP contribution is 2.29. The number of benzene rings is 1. The molecule has 0 N–H and O–H groups in total. The molecule has 1 aliphatic rings. The number of rotatable bonds is 3. The van der Waals surface area contributed by atoms with E-state index in [0.29, 0.717) is 44.2 Å². The molecule has 1 amide bonds. The predicted octanol–water partition coefficient (Wildman–Crippen LogP) is 2.96. The molecule has 3 rings (SSSR count). The average Bonchev–Trinajstić information content (AvgIpc) is 3.01. The van der Waals surface area contributed by atoms with E-state index in [4.69, 9.17) is 4.42 Å². The van der Waals surface area contributed by atoms with Gasteiger partial charge in [0.1, 0.15) is 5.76 Å². The van der Waals surface area contributed by atoms with Crippen molar-refractivity contribution >= 4 is 5.91 Å². The summed E-state index contributed by atoms with van der Waals surface area (Å²) in [6.07, 6.45) is -3.06. The number of alkyl halides is 3. The van der Waals surface area contributed by atoms with Gasteiger partial charge >= 0.3 is 6.18 Å². The van der Waals surface area contributed by atoms with Gasteiger partial charge in [-0.05, 0) is 24.6 Å². The van der Waals surface area contributed by atoms with Crippen LogP contribution in [0.5, 0.6) is 0 Å². The van der Waals surface area contributed by atoms with E-state index in [1.807, 2.05) is 0 Å². The van der Waals surface area contributed by atoms with Gasteiger partial charge in [0.25, 0.3) is 5.91 Å². The van der Waals surface area contributed by atoms with E-state index in [0.717, 1.165) is 17.7 Å². The van der Waals surface area contributed by atoms with Crippen molar-refractivity contribution in [3.05, 3.63) is 53.2 Å². The molecular weight excluding hydrogens is 335 g/mol. The van der Waals surface area contributed by atoms with E-state index in [9.17, 15) is 18.0 Å². The van der Waals surface area contributed by atoms with Crippen molar-refractivity contribution in [2.24, 2.45) is 0 Å². The van der Waals surface area contributed by atoms with Gasteiger partial charge in [-0.1, -0.05) is 12.1 Å². The number of halogens is 3. The number of amides is 1. The minimum absolute atomic E-state index is 0.152. The third-order valence-electron chi connectivity index (χ3n) is 4.29. The van der Waals surface area contributed by atoms with Crippen molar-refractivity contribution in [2.75, 3.05) is 26.2 Å². The van der Waals surface area contributed by atoms with E-state index in [-0.39, 0.29) is 5.91 Å².